The Kier molecular flexibility index (Phi) is 17.7. The van der Waals surface area contributed by atoms with E-state index >= 15 is 0 Å². The summed E-state index contributed by atoms with van der Waals surface area (Å²) in [6.45, 7) is 7.14. The minimum Gasteiger partial charge on any atom is -0.195 e. The van der Waals surface area contributed by atoms with E-state index in [9.17, 15) is 0 Å². The minimum absolute atomic E-state index is 0.291. The summed E-state index contributed by atoms with van der Waals surface area (Å²) in [6, 6.07) is 121. The molecule has 0 nitrogen and oxygen atoms in total. The van der Waals surface area contributed by atoms with Gasteiger partial charge in [0.15, 0.2) is 7.26 Å². The van der Waals surface area contributed by atoms with E-state index in [-0.39, 0.29) is 0 Å². The molecule has 0 aliphatic heterocycles. The summed E-state index contributed by atoms with van der Waals surface area (Å²) in [4.78, 5) is 0. The van der Waals surface area contributed by atoms with Gasteiger partial charge in [-0.2, -0.15) is 43.7 Å². The van der Waals surface area contributed by atoms with E-state index in [1.165, 1.54) is 65.1 Å². The molecule has 0 spiro atoms. The predicted octanol–water partition coefficient (Wildman–Crippen LogP) is 11.1. The van der Waals surface area contributed by atoms with Crippen LogP contribution in [0.15, 0.2) is 334 Å². The summed E-state index contributed by atoms with van der Waals surface area (Å²) < 4.78 is 0.309. The van der Waals surface area contributed by atoms with Crippen molar-refractivity contribution in [3.8, 4) is 0 Å². The summed E-state index contributed by atoms with van der Waals surface area (Å²) >= 11 is 0. The lowest BCUT2D eigenvalue weighted by atomic mass is 9.13. The molecule has 1 unspecified atom stereocenters. The lowest BCUT2D eigenvalue weighted by molar-refractivity contribution is 0.795. The van der Waals surface area contributed by atoms with Gasteiger partial charge in [-0.15, -0.1) is 0 Å². The fourth-order valence-electron chi connectivity index (χ4n) is 11.4. The van der Waals surface area contributed by atoms with Crippen molar-refractivity contribution in [2.24, 2.45) is 0 Å². The van der Waals surface area contributed by atoms with Crippen LogP contribution in [0.5, 0.6) is 0 Å². The lowest BCUT2D eigenvalue weighted by Gasteiger charge is -2.44. The van der Waals surface area contributed by atoms with Gasteiger partial charge in [-0.3, -0.25) is 0 Å². The molecule has 11 aromatic rings. The normalized spacial score (nSPS) is 11.9. The molecule has 0 aliphatic carbocycles. The standard InChI is InChI=1S/2C24H20B.C24H29PS/c2*1-5-13-21(14-6-1)25(22-15-7-2-8-16-22,23-17-9-3-10-18-23)24-19-11-4-12-20-24;1-24(2,3)26(4)20-25(21-14-8-5-9-15-21,22-16-10-6-11-17-22)23-18-12-7-13-19-23/h2*1-20H;5-19H,20H2,1-4H3/q2*-1;+2. The first kappa shape index (κ1) is 53.2. The molecule has 0 aromatic heterocycles. The molecule has 0 amide bonds. The first-order valence-electron chi connectivity index (χ1n) is 26.7. The molecule has 0 N–H and O–H groups in total. The maximum atomic E-state index is 2.45. The van der Waals surface area contributed by atoms with Gasteiger partial charge in [-0.1, -0.05) is 297 Å². The van der Waals surface area contributed by atoms with Crippen LogP contribution in [0.1, 0.15) is 20.8 Å². The van der Waals surface area contributed by atoms with Crippen LogP contribution in [0.25, 0.3) is 0 Å². The van der Waals surface area contributed by atoms with Crippen LogP contribution >= 0.6 is 7.26 Å². The topological polar surface area (TPSA) is 0 Å². The molecule has 11 aromatic carbocycles. The molecule has 0 saturated heterocycles. The third kappa shape index (κ3) is 11.4. The molecule has 11 rings (SSSR count). The summed E-state index contributed by atoms with van der Waals surface area (Å²) in [6.07, 6.45) is 0.0169. The maximum Gasteiger partial charge on any atom is 0.222 e. The van der Waals surface area contributed by atoms with Gasteiger partial charge in [-0.05, 0) is 57.2 Å². The molecular formula is C72H69B2PS. The van der Waals surface area contributed by atoms with Gasteiger partial charge in [-0.25, -0.2) is 0 Å². The minimum atomic E-state index is -1.69. The lowest BCUT2D eigenvalue weighted by Crippen LogP contribution is -2.74. The van der Waals surface area contributed by atoms with E-state index < -0.39 is 19.6 Å². The van der Waals surface area contributed by atoms with Crippen molar-refractivity contribution < 1.29 is 0 Å². The zero-order valence-electron chi connectivity index (χ0n) is 44.5. The highest BCUT2D eigenvalue weighted by Crippen LogP contribution is 2.57. The first-order chi connectivity index (χ1) is 37.3. The molecular weight excluding hydrogens is 949 g/mol. The number of rotatable bonds is 13. The maximum absolute atomic E-state index is 2.45. The van der Waals surface area contributed by atoms with Crippen LogP contribution in [-0.2, 0) is 10.9 Å². The van der Waals surface area contributed by atoms with Gasteiger partial charge in [0.2, 0.25) is 5.49 Å². The number of hydrogen-bond acceptors (Lipinski definition) is 0. The average Bonchev–Trinajstić information content (AvgIpc) is 3.56. The third-order valence-corrected chi connectivity index (χ3v) is 24.1. The Morgan fingerprint density at radius 2 is 0.395 bits per heavy atom. The first-order valence-corrected chi connectivity index (χ1v) is 30.5. The predicted molar refractivity (Wildman–Crippen MR) is 343 cm³/mol. The Bertz CT molecular complexity index is 2800. The largest absolute Gasteiger partial charge is 0.222 e. The number of hydrogen-bond donors (Lipinski definition) is 0. The van der Waals surface area contributed by atoms with Gasteiger partial charge < -0.3 is 0 Å². The van der Waals surface area contributed by atoms with E-state index in [4.69, 9.17) is 0 Å². The highest BCUT2D eigenvalue weighted by Gasteiger charge is 2.52. The molecule has 76 heavy (non-hydrogen) atoms. The highest BCUT2D eigenvalue weighted by atomic mass is 32.2. The van der Waals surface area contributed by atoms with E-state index in [0.717, 1.165) is 0 Å². The second-order valence-corrected chi connectivity index (χ2v) is 27.4. The molecule has 0 heterocycles. The zero-order valence-corrected chi connectivity index (χ0v) is 46.2. The highest BCUT2D eigenvalue weighted by molar-refractivity contribution is 8.11. The SMILES string of the molecule is C[S+](C[P+](c1ccccc1)(c1ccccc1)c1ccccc1)C(C)(C)C.c1ccc([B-](c2ccccc2)(c2ccccc2)c2ccccc2)cc1.c1ccc([B-](c2ccccc2)(c2ccccc2)c2ccccc2)cc1. The third-order valence-electron chi connectivity index (χ3n) is 15.4. The molecule has 374 valence electrons. The van der Waals surface area contributed by atoms with Gasteiger partial charge in [0, 0.05) is 10.9 Å². The van der Waals surface area contributed by atoms with Crippen LogP contribution in [0.3, 0.4) is 0 Å². The summed E-state index contributed by atoms with van der Waals surface area (Å²) in [7, 11) is -1.40. The smallest absolute Gasteiger partial charge is 0.195 e. The summed E-state index contributed by atoms with van der Waals surface area (Å²) in [5.74, 6) is 0. The Hall–Kier alpha value is -7.67. The number of benzene rings is 11. The van der Waals surface area contributed by atoms with Gasteiger partial charge in [0.05, 0.1) is 0 Å². The molecule has 0 fully saturated rings. The summed E-state index contributed by atoms with van der Waals surface area (Å²) in [5.41, 5.74) is 11.9. The van der Waals surface area contributed by atoms with Gasteiger partial charge in [0.1, 0.15) is 39.2 Å². The zero-order chi connectivity index (χ0) is 52.5. The van der Waals surface area contributed by atoms with Crippen molar-refractivity contribution >= 4 is 90.1 Å². The molecule has 4 heteroatoms. The van der Waals surface area contributed by atoms with Crippen molar-refractivity contribution in [3.05, 3.63) is 334 Å². The average molecular weight is 1020 g/mol. The van der Waals surface area contributed by atoms with Crippen molar-refractivity contribution in [2.75, 3.05) is 11.7 Å². The van der Waals surface area contributed by atoms with E-state index in [1.807, 2.05) is 0 Å². The second kappa shape index (κ2) is 25.2. The van der Waals surface area contributed by atoms with Gasteiger partial charge in [0.25, 0.3) is 0 Å². The second-order valence-electron chi connectivity index (χ2n) is 20.7. The van der Waals surface area contributed by atoms with E-state index in [0.29, 0.717) is 15.6 Å². The van der Waals surface area contributed by atoms with Crippen molar-refractivity contribution in [3.63, 3.8) is 0 Å². The van der Waals surface area contributed by atoms with Crippen molar-refractivity contribution in [1.82, 2.24) is 0 Å². The van der Waals surface area contributed by atoms with Gasteiger partial charge >= 0.3 is 0 Å². The Morgan fingerprint density at radius 1 is 0.250 bits per heavy atom. The summed E-state index contributed by atoms with van der Waals surface area (Å²) in [5, 5.41) is 4.46. The van der Waals surface area contributed by atoms with E-state index in [1.54, 1.807) is 0 Å². The quantitative estimate of drug-likeness (QED) is 0.0613. The van der Waals surface area contributed by atoms with Crippen LogP contribution in [-0.4, -0.2) is 28.8 Å². The molecule has 0 saturated carbocycles. The van der Waals surface area contributed by atoms with Crippen molar-refractivity contribution in [2.45, 2.75) is 25.5 Å². The monoisotopic (exact) mass is 1020 g/mol. The fourth-order valence-corrected chi connectivity index (χ4v) is 20.0. The molecule has 0 radical (unpaired) electrons. The van der Waals surface area contributed by atoms with E-state index in [2.05, 4.69) is 361 Å². The fraction of sp³-hybridized carbons (Fsp3) is 0.0833. The Morgan fingerprint density at radius 3 is 0.539 bits per heavy atom. The van der Waals surface area contributed by atoms with Crippen molar-refractivity contribution in [1.29, 1.82) is 0 Å². The van der Waals surface area contributed by atoms with Crippen LogP contribution in [0.2, 0.25) is 0 Å². The van der Waals surface area contributed by atoms with Crippen LogP contribution < -0.4 is 59.6 Å². The van der Waals surface area contributed by atoms with Crippen LogP contribution in [0.4, 0.5) is 0 Å². The Balaban J connectivity index is 0.000000139. The molecule has 1 atom stereocenters. The van der Waals surface area contributed by atoms with Crippen LogP contribution in [0, 0.1) is 0 Å². The Labute approximate surface area is 458 Å². The molecule has 0 bridgehead atoms. The molecule has 0 aliphatic rings.